The molecule has 2 amide bonds. The summed E-state index contributed by atoms with van der Waals surface area (Å²) in [7, 11) is 0. The summed E-state index contributed by atoms with van der Waals surface area (Å²) in [4.78, 5) is 22.3. The highest BCUT2D eigenvalue weighted by Crippen LogP contribution is 2.25. The van der Waals surface area contributed by atoms with Crippen LogP contribution in [-0.2, 0) is 6.54 Å². The maximum absolute atomic E-state index is 12.2. The van der Waals surface area contributed by atoms with Crippen LogP contribution in [-0.4, -0.2) is 44.3 Å². The van der Waals surface area contributed by atoms with Gasteiger partial charge in [0.1, 0.15) is 0 Å². The fourth-order valence-corrected chi connectivity index (χ4v) is 2.52. The van der Waals surface area contributed by atoms with Crippen LogP contribution in [0.1, 0.15) is 42.2 Å². The Kier molecular flexibility index (Phi) is 4.03. The molecule has 9 nitrogen and oxygen atoms in total. The fourth-order valence-electron chi connectivity index (χ4n) is 2.52. The standard InChI is InChI=1S/C13H18N6O3/c1-8-15-12(22-17-8)10-4-3-5-19(7-10)13(20)14-6-11-16-9(2)21-18-11/h10H,3-7H2,1-2H3,(H,14,20). The molecule has 2 aromatic heterocycles. The number of carbonyl (C=O) groups excluding carboxylic acids is 1. The fraction of sp³-hybridized carbons (Fsp3) is 0.615. The number of hydrogen-bond acceptors (Lipinski definition) is 7. The molecule has 22 heavy (non-hydrogen) atoms. The predicted molar refractivity (Wildman–Crippen MR) is 73.9 cm³/mol. The Morgan fingerprint density at radius 1 is 1.32 bits per heavy atom. The van der Waals surface area contributed by atoms with Crippen molar-refractivity contribution in [2.24, 2.45) is 0 Å². The lowest BCUT2D eigenvalue weighted by molar-refractivity contribution is 0.171. The van der Waals surface area contributed by atoms with Crippen LogP contribution in [0.25, 0.3) is 0 Å². The minimum Gasteiger partial charge on any atom is -0.340 e. The van der Waals surface area contributed by atoms with E-state index in [1.54, 1.807) is 18.7 Å². The van der Waals surface area contributed by atoms with Gasteiger partial charge in [0.2, 0.25) is 11.8 Å². The van der Waals surface area contributed by atoms with Crippen molar-refractivity contribution in [2.45, 2.75) is 39.2 Å². The molecule has 1 aliphatic heterocycles. The van der Waals surface area contributed by atoms with E-state index in [0.717, 1.165) is 12.8 Å². The van der Waals surface area contributed by atoms with Crippen LogP contribution >= 0.6 is 0 Å². The van der Waals surface area contributed by atoms with Gasteiger partial charge in [0, 0.05) is 20.0 Å². The lowest BCUT2D eigenvalue weighted by atomic mass is 9.98. The molecule has 3 rings (SSSR count). The van der Waals surface area contributed by atoms with Crippen molar-refractivity contribution in [3.63, 3.8) is 0 Å². The molecule has 0 bridgehead atoms. The highest BCUT2D eigenvalue weighted by molar-refractivity contribution is 5.74. The van der Waals surface area contributed by atoms with Crippen molar-refractivity contribution in [3.8, 4) is 0 Å². The molecule has 1 atom stereocenters. The number of amides is 2. The van der Waals surface area contributed by atoms with Crippen molar-refractivity contribution < 1.29 is 13.8 Å². The maximum Gasteiger partial charge on any atom is 0.317 e. The SMILES string of the molecule is Cc1noc(C2CCCN(C(=O)NCc3noc(C)n3)C2)n1. The topological polar surface area (TPSA) is 110 Å². The highest BCUT2D eigenvalue weighted by Gasteiger charge is 2.28. The molecule has 0 aliphatic carbocycles. The minimum atomic E-state index is -0.150. The predicted octanol–water partition coefficient (Wildman–Crippen LogP) is 1.16. The quantitative estimate of drug-likeness (QED) is 0.905. The number of hydrogen-bond donors (Lipinski definition) is 1. The van der Waals surface area contributed by atoms with Crippen molar-refractivity contribution >= 4 is 6.03 Å². The van der Waals surface area contributed by atoms with E-state index in [1.165, 1.54) is 0 Å². The molecule has 0 saturated carbocycles. The van der Waals surface area contributed by atoms with Crippen LogP contribution in [0.2, 0.25) is 0 Å². The molecule has 1 N–H and O–H groups in total. The van der Waals surface area contributed by atoms with Gasteiger partial charge < -0.3 is 19.3 Å². The molecule has 1 saturated heterocycles. The maximum atomic E-state index is 12.2. The second-order valence-electron chi connectivity index (χ2n) is 5.35. The van der Waals surface area contributed by atoms with Gasteiger partial charge in [-0.05, 0) is 19.8 Å². The van der Waals surface area contributed by atoms with Gasteiger partial charge in [0.25, 0.3) is 0 Å². The number of nitrogens with one attached hydrogen (secondary N) is 1. The van der Waals surface area contributed by atoms with Crippen LogP contribution in [0.15, 0.2) is 9.05 Å². The summed E-state index contributed by atoms with van der Waals surface area (Å²) in [5, 5.41) is 10.3. The first-order valence-corrected chi connectivity index (χ1v) is 7.24. The zero-order valence-corrected chi connectivity index (χ0v) is 12.6. The molecule has 1 fully saturated rings. The van der Waals surface area contributed by atoms with E-state index in [1.807, 2.05) is 0 Å². The van der Waals surface area contributed by atoms with E-state index < -0.39 is 0 Å². The van der Waals surface area contributed by atoms with E-state index in [0.29, 0.717) is 36.5 Å². The molecule has 3 heterocycles. The average molecular weight is 306 g/mol. The molecule has 1 aliphatic rings. The summed E-state index contributed by atoms with van der Waals surface area (Å²) in [5.41, 5.74) is 0. The summed E-state index contributed by atoms with van der Waals surface area (Å²) in [6.45, 7) is 5.02. The zero-order valence-electron chi connectivity index (χ0n) is 12.6. The van der Waals surface area contributed by atoms with Gasteiger partial charge in [0.15, 0.2) is 11.6 Å². The largest absolute Gasteiger partial charge is 0.340 e. The lowest BCUT2D eigenvalue weighted by Gasteiger charge is -2.30. The summed E-state index contributed by atoms with van der Waals surface area (Å²) < 4.78 is 10.1. The molecule has 118 valence electrons. The summed E-state index contributed by atoms with van der Waals surface area (Å²) >= 11 is 0. The second-order valence-corrected chi connectivity index (χ2v) is 5.35. The third kappa shape index (κ3) is 3.23. The van der Waals surface area contributed by atoms with Crippen molar-refractivity contribution in [1.82, 2.24) is 30.5 Å². The average Bonchev–Trinajstić information content (AvgIpc) is 3.13. The Labute approximate surface area is 127 Å². The van der Waals surface area contributed by atoms with Crippen LogP contribution < -0.4 is 5.32 Å². The highest BCUT2D eigenvalue weighted by atomic mass is 16.5. The van der Waals surface area contributed by atoms with Crippen LogP contribution in [0.5, 0.6) is 0 Å². The van der Waals surface area contributed by atoms with Gasteiger partial charge in [-0.1, -0.05) is 10.3 Å². The normalized spacial score (nSPS) is 18.5. The first-order chi connectivity index (χ1) is 10.6. The number of likely N-dealkylation sites (tertiary alicyclic amines) is 1. The summed E-state index contributed by atoms with van der Waals surface area (Å²) in [6.07, 6.45) is 1.84. The summed E-state index contributed by atoms with van der Waals surface area (Å²) in [6, 6.07) is -0.150. The summed E-state index contributed by atoms with van der Waals surface area (Å²) in [5.74, 6) is 2.25. The Morgan fingerprint density at radius 2 is 2.18 bits per heavy atom. The second kappa shape index (κ2) is 6.12. The third-order valence-electron chi connectivity index (χ3n) is 3.57. The van der Waals surface area contributed by atoms with Crippen LogP contribution in [0.3, 0.4) is 0 Å². The monoisotopic (exact) mass is 306 g/mol. The number of aromatic nitrogens is 4. The van der Waals surface area contributed by atoms with E-state index in [-0.39, 0.29) is 18.5 Å². The molecule has 1 unspecified atom stereocenters. The zero-order chi connectivity index (χ0) is 15.5. The first-order valence-electron chi connectivity index (χ1n) is 7.24. The van der Waals surface area contributed by atoms with Gasteiger partial charge in [-0.2, -0.15) is 9.97 Å². The van der Waals surface area contributed by atoms with Gasteiger partial charge in [0.05, 0.1) is 12.5 Å². The van der Waals surface area contributed by atoms with E-state index in [4.69, 9.17) is 9.05 Å². The Morgan fingerprint density at radius 3 is 2.86 bits per heavy atom. The molecular weight excluding hydrogens is 288 g/mol. The molecule has 0 radical (unpaired) electrons. The number of aryl methyl sites for hydroxylation is 2. The van der Waals surface area contributed by atoms with Gasteiger partial charge >= 0.3 is 6.03 Å². The van der Waals surface area contributed by atoms with Gasteiger partial charge in [-0.3, -0.25) is 0 Å². The van der Waals surface area contributed by atoms with Crippen LogP contribution in [0.4, 0.5) is 4.79 Å². The van der Waals surface area contributed by atoms with Crippen molar-refractivity contribution in [3.05, 3.63) is 23.4 Å². The number of nitrogens with zero attached hydrogens (tertiary/aromatic N) is 5. The number of urea groups is 1. The minimum absolute atomic E-state index is 0.0909. The van der Waals surface area contributed by atoms with Gasteiger partial charge in [-0.25, -0.2) is 4.79 Å². The number of rotatable bonds is 3. The molecule has 0 aromatic carbocycles. The van der Waals surface area contributed by atoms with E-state index in [9.17, 15) is 4.79 Å². The van der Waals surface area contributed by atoms with Crippen molar-refractivity contribution in [2.75, 3.05) is 13.1 Å². The lowest BCUT2D eigenvalue weighted by Crippen LogP contribution is -2.44. The van der Waals surface area contributed by atoms with E-state index in [2.05, 4.69) is 25.6 Å². The number of piperidine rings is 1. The molecule has 2 aromatic rings. The Balaban J connectivity index is 1.55. The van der Waals surface area contributed by atoms with Gasteiger partial charge in [-0.15, -0.1) is 0 Å². The molecule has 9 heteroatoms. The Bertz CT molecular complexity index is 652. The van der Waals surface area contributed by atoms with E-state index >= 15 is 0 Å². The van der Waals surface area contributed by atoms with Crippen molar-refractivity contribution in [1.29, 1.82) is 0 Å². The molecule has 0 spiro atoms. The smallest absolute Gasteiger partial charge is 0.317 e. The third-order valence-corrected chi connectivity index (χ3v) is 3.57. The molecular formula is C13H18N6O3. The first kappa shape index (κ1) is 14.5. The van der Waals surface area contributed by atoms with Crippen LogP contribution in [0, 0.1) is 13.8 Å². The number of carbonyl (C=O) groups is 1. The Hall–Kier alpha value is -2.45.